The normalized spacial score (nSPS) is 17.4. The number of thiazole rings is 1. The first-order valence-electron chi connectivity index (χ1n) is 18.1. The van der Waals surface area contributed by atoms with E-state index in [-0.39, 0.29) is 55.4 Å². The highest BCUT2D eigenvalue weighted by molar-refractivity contribution is 7.89. The smallest absolute Gasteiger partial charge is 0.405 e. The molecule has 1 saturated heterocycles. The van der Waals surface area contributed by atoms with Gasteiger partial charge in [0.2, 0.25) is 15.9 Å². The molecule has 2 aromatic carbocycles. The fourth-order valence-corrected chi connectivity index (χ4v) is 8.98. The number of carbonyl (C=O) groups is 3. The lowest BCUT2D eigenvalue weighted by atomic mass is 9.85. The standard InChI is InChI=1S/C37H49N7O8S2/c1-3-25(2)34(44-17-16-42(37(44)49)22-29-24-53-33(40-29)20-38-36(47)48)35(46)41-31(18-26-8-5-4-6-9-26)32(45)23-43(21-28-10-7-11-28)54(51,52)30-14-12-27(13-15-30)19-39-50/h4-6,8-9,12-15,19,24-25,28,31-32,34,38,45,50H,3,7,10-11,16-18,20-23H2,1-2H3,(H,41,46)(H,47,48)/b39-19+/t25-,31-,32+,34-/m0/s1. The van der Waals surface area contributed by atoms with Crippen LogP contribution in [0, 0.1) is 11.8 Å². The molecule has 17 heteroatoms. The van der Waals surface area contributed by atoms with Crippen LogP contribution in [0.2, 0.25) is 0 Å². The number of benzene rings is 2. The van der Waals surface area contributed by atoms with Crippen molar-refractivity contribution in [2.45, 2.75) is 82.1 Å². The number of nitrogens with zero attached hydrogens (tertiary/aromatic N) is 5. The van der Waals surface area contributed by atoms with E-state index in [2.05, 4.69) is 20.8 Å². The number of hydrogen-bond acceptors (Lipinski definition) is 10. The zero-order chi connectivity index (χ0) is 38.8. The van der Waals surface area contributed by atoms with Crippen molar-refractivity contribution in [1.29, 1.82) is 0 Å². The molecule has 15 nitrogen and oxygen atoms in total. The van der Waals surface area contributed by atoms with Gasteiger partial charge < -0.3 is 35.9 Å². The van der Waals surface area contributed by atoms with Crippen LogP contribution in [0.25, 0.3) is 0 Å². The highest BCUT2D eigenvalue weighted by Crippen LogP contribution is 2.30. The molecule has 2 aliphatic rings. The second-order valence-corrected chi connectivity index (χ2v) is 16.8. The van der Waals surface area contributed by atoms with Crippen molar-refractivity contribution < 1.29 is 38.2 Å². The summed E-state index contributed by atoms with van der Waals surface area (Å²) in [5, 5.41) is 40.3. The molecular formula is C37H49N7O8S2. The van der Waals surface area contributed by atoms with E-state index in [1.165, 1.54) is 46.1 Å². The van der Waals surface area contributed by atoms with Crippen LogP contribution < -0.4 is 10.6 Å². The number of urea groups is 1. The maximum atomic E-state index is 14.3. The molecule has 1 aliphatic heterocycles. The van der Waals surface area contributed by atoms with E-state index in [4.69, 9.17) is 10.3 Å². The van der Waals surface area contributed by atoms with Gasteiger partial charge in [0.1, 0.15) is 11.0 Å². The van der Waals surface area contributed by atoms with Crippen LogP contribution in [0.3, 0.4) is 0 Å². The highest BCUT2D eigenvalue weighted by atomic mass is 32.2. The number of aliphatic hydroxyl groups is 1. The summed E-state index contributed by atoms with van der Waals surface area (Å²) < 4.78 is 29.4. The minimum Gasteiger partial charge on any atom is -0.465 e. The first-order chi connectivity index (χ1) is 25.9. The van der Waals surface area contributed by atoms with Gasteiger partial charge in [-0.1, -0.05) is 74.3 Å². The SMILES string of the molecule is CC[C@H](C)[C@@H](C(=O)N[C@@H](Cc1ccccc1)[C@H](O)CN(CC1CCC1)S(=O)(=O)c1ccc(/C=N/O)cc1)N1CCN(Cc2csc(CNC(=O)O)n2)C1=O. The van der Waals surface area contributed by atoms with E-state index < -0.39 is 40.2 Å². The lowest BCUT2D eigenvalue weighted by Crippen LogP contribution is -2.57. The topological polar surface area (TPSA) is 205 Å². The Balaban J connectivity index is 1.35. The van der Waals surface area contributed by atoms with Crippen molar-refractivity contribution in [1.82, 2.24) is 29.7 Å². The molecule has 2 fully saturated rings. The number of hydrogen-bond donors (Lipinski definition) is 5. The predicted molar refractivity (Wildman–Crippen MR) is 203 cm³/mol. The molecule has 292 valence electrons. The van der Waals surface area contributed by atoms with Gasteiger partial charge in [-0.3, -0.25) is 4.79 Å². The van der Waals surface area contributed by atoms with Crippen LogP contribution in [0.15, 0.2) is 70.0 Å². The Morgan fingerprint density at radius 1 is 1.13 bits per heavy atom. The third-order valence-corrected chi connectivity index (χ3v) is 12.9. The monoisotopic (exact) mass is 783 g/mol. The molecule has 5 N–H and O–H groups in total. The number of amides is 4. The third-order valence-electron chi connectivity index (χ3n) is 10.1. The number of carbonyl (C=O) groups excluding carboxylic acids is 2. The molecule has 0 radical (unpaired) electrons. The van der Waals surface area contributed by atoms with Crippen LogP contribution >= 0.6 is 11.3 Å². The molecule has 4 amide bonds. The molecule has 3 aromatic rings. The first-order valence-corrected chi connectivity index (χ1v) is 20.5. The van der Waals surface area contributed by atoms with Gasteiger partial charge in [0.25, 0.3) is 0 Å². The summed E-state index contributed by atoms with van der Waals surface area (Å²) in [6.45, 7) is 4.70. The number of aromatic nitrogens is 1. The van der Waals surface area contributed by atoms with Gasteiger partial charge in [-0.05, 0) is 54.4 Å². The summed E-state index contributed by atoms with van der Waals surface area (Å²) in [6, 6.07) is 13.2. The highest BCUT2D eigenvalue weighted by Gasteiger charge is 2.41. The minimum atomic E-state index is -4.06. The summed E-state index contributed by atoms with van der Waals surface area (Å²) in [5.41, 5.74) is 1.97. The van der Waals surface area contributed by atoms with Gasteiger partial charge in [0.05, 0.1) is 42.0 Å². The van der Waals surface area contributed by atoms with Crippen molar-refractivity contribution in [3.63, 3.8) is 0 Å². The van der Waals surface area contributed by atoms with Crippen molar-refractivity contribution in [3.8, 4) is 0 Å². The molecule has 0 bridgehead atoms. The molecular weight excluding hydrogens is 735 g/mol. The summed E-state index contributed by atoms with van der Waals surface area (Å²) >= 11 is 1.29. The first kappa shape index (κ1) is 40.6. The van der Waals surface area contributed by atoms with Crippen LogP contribution in [-0.2, 0) is 34.3 Å². The van der Waals surface area contributed by atoms with E-state index in [9.17, 15) is 27.9 Å². The number of sulfonamides is 1. The molecule has 0 spiro atoms. The fourth-order valence-electron chi connectivity index (χ4n) is 6.72. The molecule has 1 saturated carbocycles. The fraction of sp³-hybridized carbons (Fsp3) is 0.486. The van der Waals surface area contributed by atoms with Crippen molar-refractivity contribution in [2.24, 2.45) is 17.0 Å². The van der Waals surface area contributed by atoms with Crippen molar-refractivity contribution in [2.75, 3.05) is 26.2 Å². The number of aliphatic hydroxyl groups excluding tert-OH is 1. The van der Waals surface area contributed by atoms with Crippen LogP contribution in [-0.4, -0.2) is 112 Å². The Labute approximate surface area is 319 Å². The lowest BCUT2D eigenvalue weighted by Gasteiger charge is -2.36. The summed E-state index contributed by atoms with van der Waals surface area (Å²) in [4.78, 5) is 46.7. The minimum absolute atomic E-state index is 0.0347. The molecule has 1 aliphatic carbocycles. The third kappa shape index (κ3) is 10.3. The maximum Gasteiger partial charge on any atom is 0.405 e. The van der Waals surface area contributed by atoms with E-state index >= 15 is 0 Å². The van der Waals surface area contributed by atoms with Gasteiger partial charge in [-0.15, -0.1) is 11.3 Å². The molecule has 0 unspecified atom stereocenters. The number of nitrogens with one attached hydrogen (secondary N) is 2. The summed E-state index contributed by atoms with van der Waals surface area (Å²) in [7, 11) is -4.06. The zero-order valence-corrected chi connectivity index (χ0v) is 32.1. The van der Waals surface area contributed by atoms with Crippen molar-refractivity contribution in [3.05, 3.63) is 81.8 Å². The number of oxime groups is 1. The van der Waals surface area contributed by atoms with Gasteiger partial charge in [0.15, 0.2) is 0 Å². The largest absolute Gasteiger partial charge is 0.465 e. The van der Waals surface area contributed by atoms with Gasteiger partial charge >= 0.3 is 12.1 Å². The zero-order valence-electron chi connectivity index (χ0n) is 30.5. The summed E-state index contributed by atoms with van der Waals surface area (Å²) in [5.74, 6) is -0.540. The Kier molecular flexibility index (Phi) is 14.0. The molecule has 4 atom stereocenters. The summed E-state index contributed by atoms with van der Waals surface area (Å²) in [6.07, 6.45) is 2.31. The van der Waals surface area contributed by atoms with Crippen molar-refractivity contribution >= 4 is 45.6 Å². The van der Waals surface area contributed by atoms with Crippen LogP contribution in [0.5, 0.6) is 0 Å². The lowest BCUT2D eigenvalue weighted by molar-refractivity contribution is -0.128. The van der Waals surface area contributed by atoms with Gasteiger partial charge in [-0.25, -0.2) is 23.0 Å². The van der Waals surface area contributed by atoms with E-state index in [0.29, 0.717) is 35.8 Å². The van der Waals surface area contributed by atoms with E-state index in [0.717, 1.165) is 24.8 Å². The quantitative estimate of drug-likeness (QED) is 0.0678. The Morgan fingerprint density at radius 2 is 1.85 bits per heavy atom. The van der Waals surface area contributed by atoms with Crippen LogP contribution in [0.1, 0.15) is 61.4 Å². The Morgan fingerprint density at radius 3 is 2.48 bits per heavy atom. The Bertz CT molecular complexity index is 1850. The molecule has 5 rings (SSSR count). The second kappa shape index (κ2) is 18.6. The predicted octanol–water partition coefficient (Wildman–Crippen LogP) is 3.95. The molecule has 2 heterocycles. The van der Waals surface area contributed by atoms with E-state index in [1.807, 2.05) is 44.2 Å². The number of carboxylic acid groups (broad SMARTS) is 1. The second-order valence-electron chi connectivity index (χ2n) is 13.9. The van der Waals surface area contributed by atoms with Gasteiger partial charge in [-0.2, -0.15) is 4.31 Å². The van der Waals surface area contributed by atoms with E-state index in [1.54, 1.807) is 15.2 Å². The Hall–Kier alpha value is -4.58. The molecule has 1 aromatic heterocycles. The maximum absolute atomic E-state index is 14.3. The average molecular weight is 784 g/mol. The number of rotatable bonds is 19. The average Bonchev–Trinajstić information content (AvgIpc) is 3.74. The molecule has 54 heavy (non-hydrogen) atoms. The van der Waals surface area contributed by atoms with Gasteiger partial charge in [0, 0.05) is 31.6 Å². The van der Waals surface area contributed by atoms with Crippen LogP contribution in [0.4, 0.5) is 9.59 Å².